The number of aryl methyl sites for hydroxylation is 1. The highest BCUT2D eigenvalue weighted by Crippen LogP contribution is 2.28. The average molecular weight is 357 g/mol. The summed E-state index contributed by atoms with van der Waals surface area (Å²) in [6.07, 6.45) is 5.70. The number of hydrogen-bond donors (Lipinski definition) is 1. The van der Waals surface area contributed by atoms with Crippen LogP contribution in [-0.2, 0) is 9.59 Å². The van der Waals surface area contributed by atoms with Gasteiger partial charge < -0.3 is 10.2 Å². The van der Waals surface area contributed by atoms with E-state index in [1.54, 1.807) is 0 Å². The molecule has 3 rings (SSSR count). The number of amides is 2. The summed E-state index contributed by atoms with van der Waals surface area (Å²) in [5.41, 5.74) is 3.18. The van der Waals surface area contributed by atoms with Gasteiger partial charge in [0.15, 0.2) is 0 Å². The Bertz CT molecular complexity index is 645. The van der Waals surface area contributed by atoms with Crippen molar-refractivity contribution in [3.63, 3.8) is 0 Å². The van der Waals surface area contributed by atoms with E-state index in [4.69, 9.17) is 0 Å². The number of anilines is 1. The number of nitrogens with one attached hydrogen (secondary N) is 1. The van der Waals surface area contributed by atoms with E-state index in [0.29, 0.717) is 24.8 Å². The smallest absolute Gasteiger partial charge is 0.238 e. The highest BCUT2D eigenvalue weighted by molar-refractivity contribution is 5.93. The van der Waals surface area contributed by atoms with Crippen LogP contribution in [-0.4, -0.2) is 54.3 Å². The molecule has 1 saturated heterocycles. The zero-order valence-electron chi connectivity index (χ0n) is 16.1. The van der Waals surface area contributed by atoms with Gasteiger partial charge in [-0.05, 0) is 49.8 Å². The summed E-state index contributed by atoms with van der Waals surface area (Å²) in [4.78, 5) is 28.9. The molecule has 2 amide bonds. The van der Waals surface area contributed by atoms with Gasteiger partial charge in [-0.1, -0.05) is 25.0 Å². The molecule has 2 aliphatic rings. The highest BCUT2D eigenvalue weighted by Gasteiger charge is 2.25. The molecule has 26 heavy (non-hydrogen) atoms. The Labute approximate surface area is 156 Å². The predicted octanol–water partition coefficient (Wildman–Crippen LogP) is 2.97. The van der Waals surface area contributed by atoms with Crippen LogP contribution in [0.1, 0.15) is 43.2 Å². The minimum Gasteiger partial charge on any atom is -0.340 e. The van der Waals surface area contributed by atoms with E-state index in [1.807, 2.05) is 36.9 Å². The molecule has 1 aromatic rings. The van der Waals surface area contributed by atoms with Gasteiger partial charge in [0.2, 0.25) is 11.8 Å². The summed E-state index contributed by atoms with van der Waals surface area (Å²) in [6, 6.07) is 5.96. The van der Waals surface area contributed by atoms with Crippen molar-refractivity contribution in [3.05, 3.63) is 29.3 Å². The third-order valence-electron chi connectivity index (χ3n) is 5.91. The summed E-state index contributed by atoms with van der Waals surface area (Å²) in [5, 5.41) is 3.02. The van der Waals surface area contributed by atoms with E-state index in [9.17, 15) is 9.59 Å². The maximum atomic E-state index is 12.4. The maximum absolute atomic E-state index is 12.4. The first kappa shape index (κ1) is 18.9. The minimum atomic E-state index is 0.0180. The molecule has 1 N–H and O–H groups in total. The normalized spacial score (nSPS) is 18.9. The van der Waals surface area contributed by atoms with Crippen LogP contribution in [0.25, 0.3) is 0 Å². The fraction of sp³-hybridized carbons (Fsp3) is 0.619. The van der Waals surface area contributed by atoms with E-state index in [-0.39, 0.29) is 5.91 Å². The van der Waals surface area contributed by atoms with Crippen LogP contribution >= 0.6 is 0 Å². The van der Waals surface area contributed by atoms with Crippen LogP contribution in [0.15, 0.2) is 18.2 Å². The molecule has 2 fully saturated rings. The predicted molar refractivity (Wildman–Crippen MR) is 104 cm³/mol. The Morgan fingerprint density at radius 3 is 2.46 bits per heavy atom. The zero-order chi connectivity index (χ0) is 18.5. The van der Waals surface area contributed by atoms with Gasteiger partial charge >= 0.3 is 0 Å². The molecule has 0 unspecified atom stereocenters. The molecule has 0 atom stereocenters. The number of piperazine rings is 1. The van der Waals surface area contributed by atoms with Gasteiger partial charge in [0, 0.05) is 38.3 Å². The van der Waals surface area contributed by atoms with Crippen molar-refractivity contribution in [2.75, 3.05) is 38.0 Å². The molecule has 1 saturated carbocycles. The van der Waals surface area contributed by atoms with E-state index in [1.165, 1.54) is 31.2 Å². The molecule has 1 aromatic carbocycles. The monoisotopic (exact) mass is 357 g/mol. The van der Waals surface area contributed by atoms with Gasteiger partial charge in [0.1, 0.15) is 0 Å². The van der Waals surface area contributed by atoms with E-state index in [0.717, 1.165) is 37.4 Å². The zero-order valence-corrected chi connectivity index (χ0v) is 16.1. The Hall–Kier alpha value is -1.88. The van der Waals surface area contributed by atoms with Crippen LogP contribution in [0.2, 0.25) is 0 Å². The van der Waals surface area contributed by atoms with Crippen molar-refractivity contribution >= 4 is 17.5 Å². The molecule has 0 bridgehead atoms. The summed E-state index contributed by atoms with van der Waals surface area (Å²) in [7, 11) is 0. The topological polar surface area (TPSA) is 52.7 Å². The third kappa shape index (κ3) is 4.85. The van der Waals surface area contributed by atoms with E-state index in [2.05, 4.69) is 10.2 Å². The lowest BCUT2D eigenvalue weighted by atomic mass is 10.0. The molecule has 0 spiro atoms. The van der Waals surface area contributed by atoms with Crippen molar-refractivity contribution in [2.24, 2.45) is 5.92 Å². The summed E-state index contributed by atoms with van der Waals surface area (Å²) >= 11 is 0. The van der Waals surface area contributed by atoms with Gasteiger partial charge in [-0.25, -0.2) is 0 Å². The number of hydrogen-bond acceptors (Lipinski definition) is 3. The first-order valence-corrected chi connectivity index (χ1v) is 9.89. The summed E-state index contributed by atoms with van der Waals surface area (Å²) in [5.74, 6) is 0.921. The highest BCUT2D eigenvalue weighted by atomic mass is 16.2. The molecule has 1 aliphatic carbocycles. The molecule has 142 valence electrons. The van der Waals surface area contributed by atoms with E-state index < -0.39 is 0 Å². The maximum Gasteiger partial charge on any atom is 0.238 e. The van der Waals surface area contributed by atoms with Gasteiger partial charge in [-0.2, -0.15) is 0 Å². The van der Waals surface area contributed by atoms with E-state index >= 15 is 0 Å². The number of nitrogens with zero attached hydrogens (tertiary/aromatic N) is 2. The third-order valence-corrected chi connectivity index (χ3v) is 5.91. The molecular formula is C21H31N3O2. The quantitative estimate of drug-likeness (QED) is 0.881. The Morgan fingerprint density at radius 1 is 1.08 bits per heavy atom. The standard InChI is InChI=1S/C21H31N3O2/c1-16-6-5-9-19(17(16)2)22-20(25)15-23-10-12-24(13-11-23)21(26)14-18-7-3-4-8-18/h5-6,9,18H,3-4,7-8,10-15H2,1-2H3,(H,22,25). The second-order valence-electron chi connectivity index (χ2n) is 7.81. The lowest BCUT2D eigenvalue weighted by molar-refractivity contribution is -0.134. The molecule has 5 heteroatoms. The largest absolute Gasteiger partial charge is 0.340 e. The second kappa shape index (κ2) is 8.67. The van der Waals surface area contributed by atoms with Gasteiger partial charge in [0.05, 0.1) is 6.54 Å². The van der Waals surface area contributed by atoms with Crippen molar-refractivity contribution in [3.8, 4) is 0 Å². The molecule has 5 nitrogen and oxygen atoms in total. The molecular weight excluding hydrogens is 326 g/mol. The lowest BCUT2D eigenvalue weighted by Gasteiger charge is -2.34. The number of carbonyl (C=O) groups excluding carboxylic acids is 2. The van der Waals surface area contributed by atoms with Crippen LogP contribution in [0.5, 0.6) is 0 Å². The molecule has 1 aliphatic heterocycles. The Morgan fingerprint density at radius 2 is 1.77 bits per heavy atom. The first-order valence-electron chi connectivity index (χ1n) is 9.89. The number of benzene rings is 1. The van der Waals surface area contributed by atoms with Crippen molar-refractivity contribution < 1.29 is 9.59 Å². The molecule has 1 heterocycles. The summed E-state index contributed by atoms with van der Waals surface area (Å²) in [6.45, 7) is 7.49. The number of rotatable bonds is 5. The van der Waals surface area contributed by atoms with Crippen LogP contribution in [0.4, 0.5) is 5.69 Å². The number of carbonyl (C=O) groups is 2. The SMILES string of the molecule is Cc1cccc(NC(=O)CN2CCN(C(=O)CC3CCCC3)CC2)c1C. The molecule has 0 aromatic heterocycles. The fourth-order valence-corrected chi connectivity index (χ4v) is 4.03. The Kier molecular flexibility index (Phi) is 6.30. The lowest BCUT2D eigenvalue weighted by Crippen LogP contribution is -2.50. The molecule has 0 radical (unpaired) electrons. The van der Waals surface area contributed by atoms with Crippen molar-refractivity contribution in [1.82, 2.24) is 9.80 Å². The van der Waals surface area contributed by atoms with Crippen molar-refractivity contribution in [1.29, 1.82) is 0 Å². The van der Waals surface area contributed by atoms with Gasteiger partial charge in [-0.3, -0.25) is 14.5 Å². The van der Waals surface area contributed by atoms with Crippen LogP contribution < -0.4 is 5.32 Å². The Balaban J connectivity index is 1.42. The summed E-state index contributed by atoms with van der Waals surface area (Å²) < 4.78 is 0. The van der Waals surface area contributed by atoms with Crippen LogP contribution in [0, 0.1) is 19.8 Å². The first-order chi connectivity index (χ1) is 12.5. The van der Waals surface area contributed by atoms with Gasteiger partial charge in [-0.15, -0.1) is 0 Å². The van der Waals surface area contributed by atoms with Gasteiger partial charge in [0.25, 0.3) is 0 Å². The van der Waals surface area contributed by atoms with Crippen LogP contribution in [0.3, 0.4) is 0 Å². The van der Waals surface area contributed by atoms with Crippen molar-refractivity contribution in [2.45, 2.75) is 46.0 Å². The fourth-order valence-electron chi connectivity index (χ4n) is 4.03. The average Bonchev–Trinajstić information content (AvgIpc) is 3.12. The minimum absolute atomic E-state index is 0.0180. The second-order valence-corrected chi connectivity index (χ2v) is 7.81.